The van der Waals surface area contributed by atoms with Gasteiger partial charge in [-0.05, 0) is 25.5 Å². The second-order valence-corrected chi connectivity index (χ2v) is 3.25. The normalized spacial score (nSPS) is 12.9. The van der Waals surface area contributed by atoms with Crippen LogP contribution in [-0.4, -0.2) is 9.67 Å². The van der Waals surface area contributed by atoms with E-state index in [0.29, 0.717) is 0 Å². The van der Waals surface area contributed by atoms with Crippen LogP contribution in [0.3, 0.4) is 0 Å². The lowest BCUT2D eigenvalue weighted by Gasteiger charge is -2.01. The predicted octanol–water partition coefficient (Wildman–Crippen LogP) is 2.12. The summed E-state index contributed by atoms with van der Waals surface area (Å²) >= 11 is 0. The van der Waals surface area contributed by atoms with Crippen molar-refractivity contribution < 1.29 is 5.11 Å². The number of allylic oxidation sites excluding steroid dienone is 1. The van der Waals surface area contributed by atoms with Gasteiger partial charge in [-0.2, -0.15) is 0 Å². The molecule has 0 spiro atoms. The van der Waals surface area contributed by atoms with Crippen molar-refractivity contribution in [3.8, 4) is 0 Å². The Morgan fingerprint density at radius 3 is 2.83 bits per heavy atom. The minimum absolute atomic E-state index is 0.378. The molecule has 0 aliphatic rings. The molecule has 1 heterocycles. The van der Waals surface area contributed by atoms with Gasteiger partial charge >= 0.3 is 0 Å². The summed E-state index contributed by atoms with van der Waals surface area (Å²) in [5, 5.41) is 9.24. The molecule has 0 saturated heterocycles. The first-order valence-electron chi connectivity index (χ1n) is 4.07. The van der Waals surface area contributed by atoms with Crippen LogP contribution in [-0.2, 0) is 6.54 Å². The van der Waals surface area contributed by atoms with Crippen molar-refractivity contribution in [3.05, 3.63) is 36.2 Å². The largest absolute Gasteiger partial charge is 0.389 e. The number of aliphatic hydroxyl groups excluding tert-OH is 1. The quantitative estimate of drug-likeness (QED) is 0.682. The van der Waals surface area contributed by atoms with Gasteiger partial charge in [0.1, 0.15) is 0 Å². The van der Waals surface area contributed by atoms with Crippen molar-refractivity contribution in [2.24, 2.45) is 0 Å². The van der Waals surface area contributed by atoms with Gasteiger partial charge in [0.2, 0.25) is 0 Å². The molecule has 2 nitrogen and oxygen atoms in total. The molecule has 66 valence electrons. The van der Waals surface area contributed by atoms with Crippen LogP contribution in [0.5, 0.6) is 0 Å². The van der Waals surface area contributed by atoms with Crippen LogP contribution in [0.2, 0.25) is 0 Å². The van der Waals surface area contributed by atoms with Crippen molar-refractivity contribution >= 4 is 0 Å². The van der Waals surface area contributed by atoms with E-state index >= 15 is 0 Å². The average molecular weight is 165 g/mol. The topological polar surface area (TPSA) is 25.2 Å². The van der Waals surface area contributed by atoms with E-state index in [2.05, 4.69) is 6.58 Å². The Bertz CT molecular complexity index is 273. The molecular formula is C10H15NO. The van der Waals surface area contributed by atoms with Gasteiger partial charge in [-0.1, -0.05) is 12.2 Å². The minimum Gasteiger partial charge on any atom is -0.389 e. The van der Waals surface area contributed by atoms with E-state index in [1.54, 1.807) is 6.92 Å². The second-order valence-electron chi connectivity index (χ2n) is 3.25. The summed E-state index contributed by atoms with van der Waals surface area (Å²) < 4.78 is 2.02. The molecular weight excluding hydrogens is 150 g/mol. The maximum absolute atomic E-state index is 9.24. The number of nitrogens with zero attached hydrogens (tertiary/aromatic N) is 1. The molecule has 1 unspecified atom stereocenters. The van der Waals surface area contributed by atoms with Crippen molar-refractivity contribution in [1.29, 1.82) is 0 Å². The number of rotatable bonds is 3. The zero-order valence-electron chi connectivity index (χ0n) is 7.62. The summed E-state index contributed by atoms with van der Waals surface area (Å²) in [7, 11) is 0. The third-order valence-electron chi connectivity index (χ3n) is 1.71. The molecule has 0 aliphatic heterocycles. The molecule has 0 aliphatic carbocycles. The highest BCUT2D eigenvalue weighted by atomic mass is 16.3. The lowest BCUT2D eigenvalue weighted by Crippen LogP contribution is -1.94. The summed E-state index contributed by atoms with van der Waals surface area (Å²) in [6.45, 7) is 8.40. The molecule has 1 aromatic rings. The Kier molecular flexibility index (Phi) is 2.71. The third-order valence-corrected chi connectivity index (χ3v) is 1.71. The SMILES string of the molecule is C=C(C)Cn1ccc(C(C)O)c1. The molecule has 0 saturated carbocycles. The van der Waals surface area contributed by atoms with Crippen LogP contribution in [0, 0.1) is 0 Å². The minimum atomic E-state index is -0.378. The molecule has 12 heavy (non-hydrogen) atoms. The number of aromatic nitrogens is 1. The van der Waals surface area contributed by atoms with E-state index in [4.69, 9.17) is 0 Å². The Morgan fingerprint density at radius 2 is 2.42 bits per heavy atom. The molecule has 0 aromatic carbocycles. The highest BCUT2D eigenvalue weighted by molar-refractivity contribution is 5.13. The Hall–Kier alpha value is -1.02. The van der Waals surface area contributed by atoms with Crippen LogP contribution < -0.4 is 0 Å². The maximum Gasteiger partial charge on any atom is 0.0776 e. The highest BCUT2D eigenvalue weighted by Gasteiger charge is 2.01. The van der Waals surface area contributed by atoms with Crippen molar-refractivity contribution in [1.82, 2.24) is 4.57 Å². The van der Waals surface area contributed by atoms with E-state index in [0.717, 1.165) is 17.7 Å². The summed E-state index contributed by atoms with van der Waals surface area (Å²) in [6, 6.07) is 1.92. The van der Waals surface area contributed by atoms with Gasteiger partial charge in [0.05, 0.1) is 6.10 Å². The first kappa shape index (κ1) is 9.07. The number of hydrogen-bond acceptors (Lipinski definition) is 1. The van der Waals surface area contributed by atoms with E-state index in [9.17, 15) is 5.11 Å². The maximum atomic E-state index is 9.24. The van der Waals surface area contributed by atoms with Crippen molar-refractivity contribution in [2.45, 2.75) is 26.5 Å². The van der Waals surface area contributed by atoms with Crippen LogP contribution in [0.15, 0.2) is 30.6 Å². The Morgan fingerprint density at radius 1 is 1.75 bits per heavy atom. The fourth-order valence-corrected chi connectivity index (χ4v) is 1.12. The zero-order valence-corrected chi connectivity index (χ0v) is 7.62. The Labute approximate surface area is 73.1 Å². The van der Waals surface area contributed by atoms with E-state index < -0.39 is 0 Å². The van der Waals surface area contributed by atoms with Gasteiger partial charge in [0.15, 0.2) is 0 Å². The van der Waals surface area contributed by atoms with Crippen molar-refractivity contribution in [3.63, 3.8) is 0 Å². The summed E-state index contributed by atoms with van der Waals surface area (Å²) in [6.07, 6.45) is 3.52. The van der Waals surface area contributed by atoms with Gasteiger partial charge < -0.3 is 9.67 Å². The Balaban J connectivity index is 2.70. The summed E-state index contributed by atoms with van der Waals surface area (Å²) in [5.41, 5.74) is 2.07. The fourth-order valence-electron chi connectivity index (χ4n) is 1.12. The van der Waals surface area contributed by atoms with Crippen molar-refractivity contribution in [2.75, 3.05) is 0 Å². The van der Waals surface area contributed by atoms with Crippen LogP contribution in [0.1, 0.15) is 25.5 Å². The lowest BCUT2D eigenvalue weighted by atomic mass is 10.2. The molecule has 1 rings (SSSR count). The van der Waals surface area contributed by atoms with Gasteiger partial charge in [-0.15, -0.1) is 0 Å². The number of aliphatic hydroxyl groups is 1. The van der Waals surface area contributed by atoms with Gasteiger partial charge in [-0.25, -0.2) is 0 Å². The molecule has 1 atom stereocenters. The summed E-state index contributed by atoms with van der Waals surface area (Å²) in [5.74, 6) is 0. The van der Waals surface area contributed by atoms with E-state index in [-0.39, 0.29) is 6.10 Å². The zero-order chi connectivity index (χ0) is 9.14. The second kappa shape index (κ2) is 3.59. The first-order chi connectivity index (χ1) is 5.59. The van der Waals surface area contributed by atoms with E-state index in [1.165, 1.54) is 0 Å². The van der Waals surface area contributed by atoms with Crippen LogP contribution in [0.4, 0.5) is 0 Å². The molecule has 0 amide bonds. The number of hydrogen-bond donors (Lipinski definition) is 1. The van der Waals surface area contributed by atoms with Gasteiger partial charge in [0.25, 0.3) is 0 Å². The molecule has 1 N–H and O–H groups in total. The van der Waals surface area contributed by atoms with Gasteiger partial charge in [0, 0.05) is 18.9 Å². The standard InChI is InChI=1S/C10H15NO/c1-8(2)6-11-5-4-10(7-11)9(3)12/h4-5,7,9,12H,1,6H2,2-3H3. The summed E-state index contributed by atoms with van der Waals surface area (Å²) in [4.78, 5) is 0. The lowest BCUT2D eigenvalue weighted by molar-refractivity contribution is 0.199. The molecule has 1 aromatic heterocycles. The smallest absolute Gasteiger partial charge is 0.0776 e. The fraction of sp³-hybridized carbons (Fsp3) is 0.400. The molecule has 0 fully saturated rings. The van der Waals surface area contributed by atoms with Crippen LogP contribution >= 0.6 is 0 Å². The third kappa shape index (κ3) is 2.24. The van der Waals surface area contributed by atoms with E-state index in [1.807, 2.05) is 30.0 Å². The predicted molar refractivity (Wildman–Crippen MR) is 49.9 cm³/mol. The monoisotopic (exact) mass is 165 g/mol. The molecule has 0 bridgehead atoms. The molecule has 0 radical (unpaired) electrons. The molecule has 2 heteroatoms. The van der Waals surface area contributed by atoms with Gasteiger partial charge in [-0.3, -0.25) is 0 Å². The first-order valence-corrected chi connectivity index (χ1v) is 4.07. The average Bonchev–Trinajstić information content (AvgIpc) is 2.34. The van der Waals surface area contributed by atoms with Crippen LogP contribution in [0.25, 0.3) is 0 Å². The highest BCUT2D eigenvalue weighted by Crippen LogP contribution is 2.12.